The van der Waals surface area contributed by atoms with E-state index in [4.69, 9.17) is 0 Å². The van der Waals surface area contributed by atoms with Crippen molar-refractivity contribution in [3.8, 4) is 0 Å². The van der Waals surface area contributed by atoms with Gasteiger partial charge in [0.05, 0.1) is 0 Å². The minimum absolute atomic E-state index is 0.816. The van der Waals surface area contributed by atoms with E-state index in [-0.39, 0.29) is 0 Å². The van der Waals surface area contributed by atoms with Gasteiger partial charge in [0.1, 0.15) is 0 Å². The molecule has 2 nitrogen and oxygen atoms in total. The molecule has 2 heteroatoms. The van der Waals surface area contributed by atoms with Crippen molar-refractivity contribution >= 4 is 0 Å². The van der Waals surface area contributed by atoms with Gasteiger partial charge in [0.15, 0.2) is 0 Å². The summed E-state index contributed by atoms with van der Waals surface area (Å²) in [5.74, 6) is 0.816. The lowest BCUT2D eigenvalue weighted by Crippen LogP contribution is -2.47. The summed E-state index contributed by atoms with van der Waals surface area (Å²) >= 11 is 0. The second-order valence-electron chi connectivity index (χ2n) is 5.60. The van der Waals surface area contributed by atoms with Gasteiger partial charge in [0, 0.05) is 32.7 Å². The molecule has 110 valence electrons. The lowest BCUT2D eigenvalue weighted by atomic mass is 10.1. The van der Waals surface area contributed by atoms with E-state index in [2.05, 4.69) is 30.6 Å². The van der Waals surface area contributed by atoms with Gasteiger partial charge in [-0.1, -0.05) is 53.9 Å². The summed E-state index contributed by atoms with van der Waals surface area (Å²) in [7, 11) is 0. The molecule has 0 bridgehead atoms. The molecule has 1 fully saturated rings. The van der Waals surface area contributed by atoms with E-state index in [0.717, 1.165) is 5.92 Å². The van der Waals surface area contributed by atoms with Crippen molar-refractivity contribution in [2.24, 2.45) is 5.92 Å². The Balaban J connectivity index is 0.00000137. The predicted molar refractivity (Wildman–Crippen MR) is 83.2 cm³/mol. The Labute approximate surface area is 116 Å². The van der Waals surface area contributed by atoms with Gasteiger partial charge < -0.3 is 9.80 Å². The van der Waals surface area contributed by atoms with Crippen LogP contribution in [-0.2, 0) is 0 Å². The highest BCUT2D eigenvalue weighted by molar-refractivity contribution is 4.72. The molecule has 0 saturated carbocycles. The van der Waals surface area contributed by atoms with Crippen molar-refractivity contribution in [1.29, 1.82) is 0 Å². The van der Waals surface area contributed by atoms with E-state index in [1.54, 1.807) is 0 Å². The normalized spacial score (nSPS) is 17.7. The molecule has 0 amide bonds. The molecule has 0 aromatic heterocycles. The fraction of sp³-hybridized carbons (Fsp3) is 1.00. The van der Waals surface area contributed by atoms with Crippen LogP contribution in [0.2, 0.25) is 0 Å². The van der Waals surface area contributed by atoms with Crippen molar-refractivity contribution in [2.75, 3.05) is 39.3 Å². The smallest absolute Gasteiger partial charge is 0.0110 e. The van der Waals surface area contributed by atoms with E-state index in [9.17, 15) is 0 Å². The van der Waals surface area contributed by atoms with Crippen LogP contribution in [0.25, 0.3) is 0 Å². The Morgan fingerprint density at radius 2 is 1.39 bits per heavy atom. The highest BCUT2D eigenvalue weighted by atomic mass is 15.3. The van der Waals surface area contributed by atoms with Gasteiger partial charge in [0.2, 0.25) is 0 Å². The monoisotopic (exact) mass is 256 g/mol. The molecule has 0 unspecified atom stereocenters. The Bertz CT molecular complexity index is 160. The molecule has 18 heavy (non-hydrogen) atoms. The average molecular weight is 256 g/mol. The van der Waals surface area contributed by atoms with Gasteiger partial charge in [-0.2, -0.15) is 0 Å². The second-order valence-corrected chi connectivity index (χ2v) is 5.60. The standard InChI is InChI=1S/C14H30N2.C2H6/c1-4-5-6-7-8-15-9-11-16(12-10-15)13-14(2)3;1-2/h14H,4-13H2,1-3H3;1-2H3. The highest BCUT2D eigenvalue weighted by Gasteiger charge is 2.16. The second kappa shape index (κ2) is 12.0. The van der Waals surface area contributed by atoms with Crippen molar-refractivity contribution in [1.82, 2.24) is 9.80 Å². The van der Waals surface area contributed by atoms with E-state index < -0.39 is 0 Å². The molecular formula is C16H36N2. The van der Waals surface area contributed by atoms with Gasteiger partial charge in [-0.25, -0.2) is 0 Å². The van der Waals surface area contributed by atoms with Crippen molar-refractivity contribution in [2.45, 2.75) is 60.3 Å². The third-order valence-corrected chi connectivity index (χ3v) is 3.42. The summed E-state index contributed by atoms with van der Waals surface area (Å²) in [5.41, 5.74) is 0. The summed E-state index contributed by atoms with van der Waals surface area (Å²) in [4.78, 5) is 5.26. The molecule has 0 spiro atoms. The van der Waals surface area contributed by atoms with E-state index in [1.165, 1.54) is 65.0 Å². The Morgan fingerprint density at radius 1 is 0.833 bits per heavy atom. The van der Waals surface area contributed by atoms with Crippen LogP contribution in [-0.4, -0.2) is 49.1 Å². The van der Waals surface area contributed by atoms with Crippen LogP contribution in [0, 0.1) is 5.92 Å². The zero-order valence-corrected chi connectivity index (χ0v) is 13.5. The Morgan fingerprint density at radius 3 is 1.89 bits per heavy atom. The van der Waals surface area contributed by atoms with Crippen LogP contribution in [0.15, 0.2) is 0 Å². The largest absolute Gasteiger partial charge is 0.301 e. The highest BCUT2D eigenvalue weighted by Crippen LogP contribution is 2.07. The minimum Gasteiger partial charge on any atom is -0.301 e. The Kier molecular flexibility index (Phi) is 11.9. The maximum absolute atomic E-state index is 2.65. The van der Waals surface area contributed by atoms with Gasteiger partial charge in [0.25, 0.3) is 0 Å². The van der Waals surface area contributed by atoms with Crippen molar-refractivity contribution < 1.29 is 0 Å². The number of piperazine rings is 1. The first kappa shape index (κ1) is 17.9. The average Bonchev–Trinajstić information content (AvgIpc) is 2.38. The van der Waals surface area contributed by atoms with E-state index in [1.807, 2.05) is 13.8 Å². The molecule has 1 aliphatic rings. The van der Waals surface area contributed by atoms with Crippen LogP contribution >= 0.6 is 0 Å². The quantitative estimate of drug-likeness (QED) is 0.638. The first-order valence-corrected chi connectivity index (χ1v) is 8.17. The van der Waals surface area contributed by atoms with Gasteiger partial charge >= 0.3 is 0 Å². The lowest BCUT2D eigenvalue weighted by Gasteiger charge is -2.35. The summed E-state index contributed by atoms with van der Waals surface area (Å²) in [6.45, 7) is 18.7. The Hall–Kier alpha value is -0.0800. The minimum atomic E-state index is 0.816. The van der Waals surface area contributed by atoms with Crippen LogP contribution in [0.4, 0.5) is 0 Å². The zero-order chi connectivity index (χ0) is 13.8. The van der Waals surface area contributed by atoms with Crippen molar-refractivity contribution in [3.63, 3.8) is 0 Å². The fourth-order valence-corrected chi connectivity index (χ4v) is 2.47. The van der Waals surface area contributed by atoms with Crippen LogP contribution in [0.3, 0.4) is 0 Å². The maximum Gasteiger partial charge on any atom is 0.0110 e. The van der Waals surface area contributed by atoms with E-state index >= 15 is 0 Å². The molecular weight excluding hydrogens is 220 g/mol. The van der Waals surface area contributed by atoms with Gasteiger partial charge in [-0.15, -0.1) is 0 Å². The van der Waals surface area contributed by atoms with Gasteiger partial charge in [-0.05, 0) is 18.9 Å². The summed E-state index contributed by atoms with van der Waals surface area (Å²) in [6.07, 6.45) is 5.58. The van der Waals surface area contributed by atoms with E-state index in [0.29, 0.717) is 0 Å². The SMILES string of the molecule is CC.CCCCCCN1CCN(CC(C)C)CC1. The van der Waals surface area contributed by atoms with Crippen LogP contribution < -0.4 is 0 Å². The lowest BCUT2D eigenvalue weighted by molar-refractivity contribution is 0.121. The molecule has 0 aliphatic carbocycles. The molecule has 0 N–H and O–H groups in total. The molecule has 1 aliphatic heterocycles. The third kappa shape index (κ3) is 8.93. The number of hydrogen-bond donors (Lipinski definition) is 0. The first-order valence-electron chi connectivity index (χ1n) is 8.17. The molecule has 1 heterocycles. The molecule has 0 radical (unpaired) electrons. The predicted octanol–water partition coefficient (Wildman–Crippen LogP) is 3.87. The third-order valence-electron chi connectivity index (χ3n) is 3.42. The first-order chi connectivity index (χ1) is 8.72. The van der Waals surface area contributed by atoms with Crippen LogP contribution in [0.5, 0.6) is 0 Å². The molecule has 1 saturated heterocycles. The zero-order valence-electron chi connectivity index (χ0n) is 13.5. The molecule has 0 aromatic carbocycles. The molecule has 1 rings (SSSR count). The number of hydrogen-bond acceptors (Lipinski definition) is 2. The number of rotatable bonds is 7. The molecule has 0 aromatic rings. The fourth-order valence-electron chi connectivity index (χ4n) is 2.47. The summed E-state index contributed by atoms with van der Waals surface area (Å²) < 4.78 is 0. The maximum atomic E-state index is 2.65. The summed E-state index contributed by atoms with van der Waals surface area (Å²) in [6, 6.07) is 0. The number of unbranched alkanes of at least 4 members (excludes halogenated alkanes) is 3. The van der Waals surface area contributed by atoms with Gasteiger partial charge in [-0.3, -0.25) is 0 Å². The topological polar surface area (TPSA) is 6.48 Å². The van der Waals surface area contributed by atoms with Crippen LogP contribution in [0.1, 0.15) is 60.3 Å². The number of nitrogens with zero attached hydrogens (tertiary/aromatic N) is 2. The molecule has 0 atom stereocenters. The van der Waals surface area contributed by atoms with Crippen molar-refractivity contribution in [3.05, 3.63) is 0 Å². The summed E-state index contributed by atoms with van der Waals surface area (Å²) in [5, 5.41) is 0.